The standard InChI is InChI=1S/C26H24N6O2/c1-2-20(33)30-19-11-9-17(10-12-19)23-21(22-24(27)28-15-29-25(22)31-23)16-5-7-18(8-6-16)26(34)32-13-3-4-14-32/h2,5-12,15H,1,3-4,13-14H2,(H,30,33)(H3,27,28,29,31). The van der Waals surface area contributed by atoms with Gasteiger partial charge in [0.25, 0.3) is 5.91 Å². The number of fused-ring (bicyclic) bond motifs is 1. The van der Waals surface area contributed by atoms with Crippen molar-refractivity contribution in [3.05, 3.63) is 73.1 Å². The van der Waals surface area contributed by atoms with E-state index in [9.17, 15) is 9.59 Å². The molecular weight excluding hydrogens is 428 g/mol. The van der Waals surface area contributed by atoms with Crippen molar-refractivity contribution in [1.29, 1.82) is 0 Å². The summed E-state index contributed by atoms with van der Waals surface area (Å²) in [5.41, 5.74) is 11.7. The maximum Gasteiger partial charge on any atom is 0.253 e. The second-order valence-corrected chi connectivity index (χ2v) is 8.20. The molecule has 0 atom stereocenters. The van der Waals surface area contributed by atoms with Gasteiger partial charge in [-0.2, -0.15) is 0 Å². The Labute approximate surface area is 196 Å². The number of nitrogens with one attached hydrogen (secondary N) is 2. The minimum Gasteiger partial charge on any atom is -0.383 e. The van der Waals surface area contributed by atoms with E-state index < -0.39 is 0 Å². The Kier molecular flexibility index (Phi) is 5.55. The lowest BCUT2D eigenvalue weighted by molar-refractivity contribution is -0.111. The van der Waals surface area contributed by atoms with Gasteiger partial charge in [-0.3, -0.25) is 9.59 Å². The maximum atomic E-state index is 12.8. The summed E-state index contributed by atoms with van der Waals surface area (Å²) < 4.78 is 0. The number of benzene rings is 2. The fraction of sp³-hybridized carbons (Fsp3) is 0.154. The molecule has 0 spiro atoms. The van der Waals surface area contributed by atoms with Gasteiger partial charge in [0.1, 0.15) is 17.8 Å². The van der Waals surface area contributed by atoms with Gasteiger partial charge in [0.15, 0.2) is 0 Å². The molecule has 4 N–H and O–H groups in total. The zero-order chi connectivity index (χ0) is 23.7. The van der Waals surface area contributed by atoms with E-state index in [-0.39, 0.29) is 11.8 Å². The Morgan fingerprint density at radius 3 is 2.35 bits per heavy atom. The maximum absolute atomic E-state index is 12.8. The molecule has 8 nitrogen and oxygen atoms in total. The van der Waals surface area contributed by atoms with Crippen LogP contribution in [0.1, 0.15) is 23.2 Å². The van der Waals surface area contributed by atoms with Crippen molar-refractivity contribution < 1.29 is 9.59 Å². The van der Waals surface area contributed by atoms with Gasteiger partial charge < -0.3 is 20.9 Å². The number of carbonyl (C=O) groups is 2. The highest BCUT2D eigenvalue weighted by molar-refractivity contribution is 6.07. The second kappa shape index (κ2) is 8.82. The molecule has 2 aromatic carbocycles. The summed E-state index contributed by atoms with van der Waals surface area (Å²) in [5, 5.41) is 3.47. The number of nitrogen functional groups attached to an aromatic ring is 1. The van der Waals surface area contributed by atoms with E-state index in [1.807, 2.05) is 53.4 Å². The molecular formula is C26H24N6O2. The molecule has 34 heavy (non-hydrogen) atoms. The van der Waals surface area contributed by atoms with Crippen LogP contribution in [0.25, 0.3) is 33.4 Å². The van der Waals surface area contributed by atoms with E-state index in [0.717, 1.165) is 53.7 Å². The Morgan fingerprint density at radius 2 is 1.68 bits per heavy atom. The number of aromatic nitrogens is 3. The summed E-state index contributed by atoms with van der Waals surface area (Å²) in [6.45, 7) is 5.09. The van der Waals surface area contributed by atoms with Crippen LogP contribution in [0.2, 0.25) is 0 Å². The Hall–Kier alpha value is -4.46. The average Bonchev–Trinajstić information content (AvgIpc) is 3.53. The normalized spacial score (nSPS) is 13.2. The van der Waals surface area contributed by atoms with Crippen LogP contribution in [0.3, 0.4) is 0 Å². The fourth-order valence-corrected chi connectivity index (χ4v) is 4.35. The molecule has 1 aliphatic rings. The lowest BCUT2D eigenvalue weighted by Crippen LogP contribution is -2.27. The predicted molar refractivity (Wildman–Crippen MR) is 133 cm³/mol. The number of aromatic amines is 1. The van der Waals surface area contributed by atoms with E-state index >= 15 is 0 Å². The van der Waals surface area contributed by atoms with Crippen molar-refractivity contribution >= 4 is 34.4 Å². The summed E-state index contributed by atoms with van der Waals surface area (Å²) in [6, 6.07) is 15.0. The van der Waals surface area contributed by atoms with E-state index in [2.05, 4.69) is 26.8 Å². The largest absolute Gasteiger partial charge is 0.383 e. The molecule has 170 valence electrons. The Balaban J connectivity index is 1.56. The van der Waals surface area contributed by atoms with Gasteiger partial charge in [-0.25, -0.2) is 9.97 Å². The van der Waals surface area contributed by atoms with E-state index in [4.69, 9.17) is 5.73 Å². The van der Waals surface area contributed by atoms with Crippen molar-refractivity contribution in [3.8, 4) is 22.4 Å². The topological polar surface area (TPSA) is 117 Å². The summed E-state index contributed by atoms with van der Waals surface area (Å²) in [6.07, 6.45) is 4.76. The van der Waals surface area contributed by atoms with Crippen LogP contribution < -0.4 is 11.1 Å². The Morgan fingerprint density at radius 1 is 1.00 bits per heavy atom. The summed E-state index contributed by atoms with van der Waals surface area (Å²) >= 11 is 0. The van der Waals surface area contributed by atoms with E-state index in [1.165, 1.54) is 12.4 Å². The number of rotatable bonds is 5. The van der Waals surface area contributed by atoms with Gasteiger partial charge in [-0.15, -0.1) is 0 Å². The molecule has 2 aromatic heterocycles. The summed E-state index contributed by atoms with van der Waals surface area (Å²) in [4.78, 5) is 38.2. The Bertz CT molecular complexity index is 1380. The molecule has 1 fully saturated rings. The molecule has 1 aliphatic heterocycles. The zero-order valence-electron chi connectivity index (χ0n) is 18.5. The van der Waals surface area contributed by atoms with Crippen molar-refractivity contribution in [1.82, 2.24) is 19.9 Å². The van der Waals surface area contributed by atoms with Gasteiger partial charge in [0.05, 0.1) is 11.1 Å². The number of anilines is 2. The van der Waals surface area contributed by atoms with Gasteiger partial charge in [-0.1, -0.05) is 30.8 Å². The average molecular weight is 453 g/mol. The first kappa shape index (κ1) is 21.4. The third-order valence-electron chi connectivity index (χ3n) is 6.06. The molecule has 8 heteroatoms. The second-order valence-electron chi connectivity index (χ2n) is 8.20. The van der Waals surface area contributed by atoms with Gasteiger partial charge in [-0.05, 0) is 54.3 Å². The molecule has 0 bridgehead atoms. The minimum absolute atomic E-state index is 0.0585. The number of nitrogens with two attached hydrogens (primary N) is 1. The van der Waals surface area contributed by atoms with Crippen LogP contribution >= 0.6 is 0 Å². The number of nitrogens with zero attached hydrogens (tertiary/aromatic N) is 3. The molecule has 0 aliphatic carbocycles. The molecule has 4 aromatic rings. The summed E-state index contributed by atoms with van der Waals surface area (Å²) in [7, 11) is 0. The minimum atomic E-state index is -0.273. The number of hydrogen-bond acceptors (Lipinski definition) is 5. The molecule has 1 saturated heterocycles. The molecule has 0 radical (unpaired) electrons. The summed E-state index contributed by atoms with van der Waals surface area (Å²) in [5.74, 6) is 0.156. The van der Waals surface area contributed by atoms with Crippen LogP contribution in [0.5, 0.6) is 0 Å². The highest BCUT2D eigenvalue weighted by Gasteiger charge is 2.21. The first-order chi connectivity index (χ1) is 16.5. The van der Waals surface area contributed by atoms with Crippen molar-refractivity contribution in [2.45, 2.75) is 12.8 Å². The number of hydrogen-bond donors (Lipinski definition) is 3. The van der Waals surface area contributed by atoms with Crippen LogP contribution in [-0.4, -0.2) is 44.8 Å². The molecule has 3 heterocycles. The molecule has 2 amide bonds. The highest BCUT2D eigenvalue weighted by Crippen LogP contribution is 2.40. The molecule has 0 unspecified atom stereocenters. The molecule has 5 rings (SSSR count). The zero-order valence-corrected chi connectivity index (χ0v) is 18.5. The van der Waals surface area contributed by atoms with Gasteiger partial charge >= 0.3 is 0 Å². The number of amides is 2. The van der Waals surface area contributed by atoms with Gasteiger partial charge in [0, 0.05) is 29.9 Å². The van der Waals surface area contributed by atoms with Crippen molar-refractivity contribution in [2.24, 2.45) is 0 Å². The third-order valence-corrected chi connectivity index (χ3v) is 6.06. The first-order valence-electron chi connectivity index (χ1n) is 11.1. The monoisotopic (exact) mass is 452 g/mol. The third kappa shape index (κ3) is 3.90. The number of likely N-dealkylation sites (tertiary alicyclic amines) is 1. The molecule has 0 saturated carbocycles. The van der Waals surface area contributed by atoms with Crippen LogP contribution in [0.15, 0.2) is 67.5 Å². The highest BCUT2D eigenvalue weighted by atomic mass is 16.2. The van der Waals surface area contributed by atoms with Crippen molar-refractivity contribution in [2.75, 3.05) is 24.1 Å². The number of carbonyl (C=O) groups excluding carboxylic acids is 2. The number of H-pyrrole nitrogens is 1. The quantitative estimate of drug-likeness (QED) is 0.392. The van der Waals surface area contributed by atoms with Gasteiger partial charge in [0.2, 0.25) is 5.91 Å². The lowest BCUT2D eigenvalue weighted by Gasteiger charge is -2.15. The smallest absolute Gasteiger partial charge is 0.253 e. The van der Waals surface area contributed by atoms with Crippen LogP contribution in [0, 0.1) is 0 Å². The lowest BCUT2D eigenvalue weighted by atomic mass is 9.97. The van der Waals surface area contributed by atoms with Crippen molar-refractivity contribution in [3.63, 3.8) is 0 Å². The van der Waals surface area contributed by atoms with E-state index in [0.29, 0.717) is 22.7 Å². The van der Waals surface area contributed by atoms with Crippen LogP contribution in [-0.2, 0) is 4.79 Å². The fourth-order valence-electron chi connectivity index (χ4n) is 4.35. The van der Waals surface area contributed by atoms with Crippen LogP contribution in [0.4, 0.5) is 11.5 Å². The first-order valence-corrected chi connectivity index (χ1v) is 11.1. The SMILES string of the molecule is C=CC(=O)Nc1ccc(-c2[nH]c3ncnc(N)c3c2-c2ccc(C(=O)N3CCCC3)cc2)cc1. The predicted octanol–water partition coefficient (Wildman–Crippen LogP) is 4.23. The van der Waals surface area contributed by atoms with E-state index in [1.54, 1.807) is 0 Å².